The van der Waals surface area contributed by atoms with E-state index in [1.807, 2.05) is 6.92 Å². The van der Waals surface area contributed by atoms with Crippen LogP contribution in [0.2, 0.25) is 0 Å². The van der Waals surface area contributed by atoms with Crippen molar-refractivity contribution in [1.82, 2.24) is 9.97 Å². The van der Waals surface area contributed by atoms with Crippen LogP contribution in [0.1, 0.15) is 11.4 Å². The molecule has 2 rings (SSSR count). The molecule has 0 unspecified atom stereocenters. The van der Waals surface area contributed by atoms with Crippen molar-refractivity contribution >= 4 is 12.2 Å². The van der Waals surface area contributed by atoms with Crippen molar-refractivity contribution in [3.05, 3.63) is 46.1 Å². The van der Waals surface area contributed by atoms with Crippen LogP contribution < -0.4 is 0 Å². The van der Waals surface area contributed by atoms with Gasteiger partial charge in [0.1, 0.15) is 22.9 Å². The van der Waals surface area contributed by atoms with Crippen LogP contribution in [-0.2, 0) is 11.3 Å². The number of hydrogen-bond acceptors (Lipinski definition) is 3. The molecule has 5 heteroatoms. The predicted molar refractivity (Wildman–Crippen MR) is 70.3 cm³/mol. The van der Waals surface area contributed by atoms with Crippen molar-refractivity contribution in [2.75, 3.05) is 7.11 Å². The summed E-state index contributed by atoms with van der Waals surface area (Å²) < 4.78 is 18.8. The van der Waals surface area contributed by atoms with Gasteiger partial charge < -0.3 is 9.72 Å². The van der Waals surface area contributed by atoms with Gasteiger partial charge >= 0.3 is 0 Å². The molecule has 0 aliphatic rings. The third-order valence-corrected chi connectivity index (χ3v) is 2.77. The van der Waals surface area contributed by atoms with Crippen LogP contribution >= 0.6 is 12.2 Å². The summed E-state index contributed by atoms with van der Waals surface area (Å²) in [5.41, 5.74) is 2.50. The van der Waals surface area contributed by atoms with Gasteiger partial charge in [-0.1, -0.05) is 18.3 Å². The van der Waals surface area contributed by atoms with E-state index in [1.165, 1.54) is 12.1 Å². The van der Waals surface area contributed by atoms with E-state index in [1.54, 1.807) is 19.2 Å². The molecule has 1 aromatic heterocycles. The van der Waals surface area contributed by atoms with Crippen LogP contribution in [0.25, 0.3) is 11.3 Å². The number of hydrogen-bond donors (Lipinski definition) is 1. The van der Waals surface area contributed by atoms with E-state index in [0.29, 0.717) is 17.1 Å². The van der Waals surface area contributed by atoms with Crippen LogP contribution in [0.5, 0.6) is 0 Å². The van der Waals surface area contributed by atoms with Crippen LogP contribution in [0.4, 0.5) is 4.39 Å². The Morgan fingerprint density at radius 3 is 2.89 bits per heavy atom. The fraction of sp³-hybridized carbons (Fsp3) is 0.231. The third-order valence-electron chi connectivity index (χ3n) is 2.56. The zero-order valence-electron chi connectivity index (χ0n) is 10.2. The zero-order valence-corrected chi connectivity index (χ0v) is 11.0. The van der Waals surface area contributed by atoms with E-state index in [-0.39, 0.29) is 5.82 Å². The minimum Gasteiger partial charge on any atom is -0.377 e. The maximum atomic E-state index is 13.3. The average molecular weight is 264 g/mol. The van der Waals surface area contributed by atoms with Crippen LogP contribution in [0.3, 0.4) is 0 Å². The van der Waals surface area contributed by atoms with Crippen molar-refractivity contribution in [3.63, 3.8) is 0 Å². The third kappa shape index (κ3) is 2.80. The van der Waals surface area contributed by atoms with Gasteiger partial charge in [-0.3, -0.25) is 0 Å². The number of aromatic nitrogens is 2. The first-order chi connectivity index (χ1) is 8.60. The Hall–Kier alpha value is -1.59. The van der Waals surface area contributed by atoms with E-state index in [2.05, 4.69) is 9.97 Å². The van der Waals surface area contributed by atoms with Crippen molar-refractivity contribution in [2.45, 2.75) is 13.5 Å². The standard InChI is InChI=1S/C13H13FN2OS/c1-8-3-4-9(14)5-10(8)11-6-13(18)16-12(15-11)7-17-2/h3-6H,7H2,1-2H3,(H,15,16,18). The van der Waals surface area contributed by atoms with Gasteiger partial charge in [0.2, 0.25) is 0 Å². The lowest BCUT2D eigenvalue weighted by molar-refractivity contribution is 0.177. The highest BCUT2D eigenvalue weighted by Crippen LogP contribution is 2.22. The molecule has 0 saturated carbocycles. The maximum absolute atomic E-state index is 13.3. The molecule has 18 heavy (non-hydrogen) atoms. The molecule has 1 heterocycles. The highest BCUT2D eigenvalue weighted by atomic mass is 32.1. The second kappa shape index (κ2) is 5.37. The molecule has 0 aliphatic carbocycles. The van der Waals surface area contributed by atoms with Crippen molar-refractivity contribution in [2.24, 2.45) is 0 Å². The molecule has 0 bridgehead atoms. The smallest absolute Gasteiger partial charge is 0.134 e. The summed E-state index contributed by atoms with van der Waals surface area (Å²) in [4.78, 5) is 7.24. The van der Waals surface area contributed by atoms with Gasteiger partial charge in [-0.05, 0) is 30.7 Å². The predicted octanol–water partition coefficient (Wildman–Crippen LogP) is 3.40. The second-order valence-corrected chi connectivity index (χ2v) is 4.39. The Bertz CT molecular complexity index is 625. The van der Waals surface area contributed by atoms with Gasteiger partial charge in [0.15, 0.2) is 0 Å². The Kier molecular flexibility index (Phi) is 3.84. The summed E-state index contributed by atoms with van der Waals surface area (Å²) in [6, 6.07) is 6.37. The molecule has 2 aromatic rings. The van der Waals surface area contributed by atoms with E-state index < -0.39 is 0 Å². The molecule has 0 fully saturated rings. The Morgan fingerprint density at radius 1 is 1.39 bits per heavy atom. The number of rotatable bonds is 3. The molecule has 94 valence electrons. The summed E-state index contributed by atoms with van der Waals surface area (Å²) >= 11 is 5.10. The lowest BCUT2D eigenvalue weighted by Crippen LogP contribution is -1.99. The minimum atomic E-state index is -0.278. The maximum Gasteiger partial charge on any atom is 0.134 e. The number of nitrogens with one attached hydrogen (secondary N) is 1. The number of nitrogens with zero attached hydrogens (tertiary/aromatic N) is 1. The molecule has 3 nitrogen and oxygen atoms in total. The zero-order chi connectivity index (χ0) is 13.1. The molecular formula is C13H13FN2OS. The average Bonchev–Trinajstić information content (AvgIpc) is 2.32. The fourth-order valence-corrected chi connectivity index (χ4v) is 1.97. The highest BCUT2D eigenvalue weighted by molar-refractivity contribution is 7.71. The Labute approximate surface area is 110 Å². The molecule has 0 atom stereocenters. The normalized spacial score (nSPS) is 10.6. The van der Waals surface area contributed by atoms with Gasteiger partial charge in [0.25, 0.3) is 0 Å². The number of aryl methyl sites for hydroxylation is 1. The highest BCUT2D eigenvalue weighted by Gasteiger charge is 2.06. The van der Waals surface area contributed by atoms with Gasteiger partial charge in [-0.25, -0.2) is 9.37 Å². The first-order valence-electron chi connectivity index (χ1n) is 5.46. The quantitative estimate of drug-likeness (QED) is 0.863. The minimum absolute atomic E-state index is 0.278. The summed E-state index contributed by atoms with van der Waals surface area (Å²) in [6.45, 7) is 2.26. The second-order valence-electron chi connectivity index (χ2n) is 3.97. The van der Waals surface area contributed by atoms with Crippen LogP contribution in [-0.4, -0.2) is 17.1 Å². The molecule has 1 aromatic carbocycles. The number of benzene rings is 1. The SMILES string of the molecule is COCc1nc(=S)cc(-c2cc(F)ccc2C)[nH]1. The topological polar surface area (TPSA) is 37.9 Å². The Morgan fingerprint density at radius 2 is 2.17 bits per heavy atom. The first-order valence-corrected chi connectivity index (χ1v) is 5.86. The van der Waals surface area contributed by atoms with E-state index >= 15 is 0 Å². The summed E-state index contributed by atoms with van der Waals surface area (Å²) in [6.07, 6.45) is 0. The number of H-pyrrole nitrogens is 1. The summed E-state index contributed by atoms with van der Waals surface area (Å²) in [7, 11) is 1.58. The van der Waals surface area contributed by atoms with Crippen molar-refractivity contribution in [3.8, 4) is 11.3 Å². The number of halogens is 1. The molecule has 0 amide bonds. The van der Waals surface area contributed by atoms with Gasteiger partial charge in [0, 0.05) is 12.7 Å². The van der Waals surface area contributed by atoms with Gasteiger partial charge in [-0.2, -0.15) is 0 Å². The number of aromatic amines is 1. The monoisotopic (exact) mass is 264 g/mol. The molecule has 0 radical (unpaired) electrons. The number of methoxy groups -OCH3 is 1. The van der Waals surface area contributed by atoms with Gasteiger partial charge in [-0.15, -0.1) is 0 Å². The van der Waals surface area contributed by atoms with Crippen molar-refractivity contribution in [1.29, 1.82) is 0 Å². The fourth-order valence-electron chi connectivity index (χ4n) is 1.74. The molecular weight excluding hydrogens is 251 g/mol. The lowest BCUT2D eigenvalue weighted by atomic mass is 10.1. The molecule has 1 N–H and O–H groups in total. The molecule has 0 aliphatic heterocycles. The van der Waals surface area contributed by atoms with E-state index in [0.717, 1.165) is 16.8 Å². The van der Waals surface area contributed by atoms with Crippen LogP contribution in [0, 0.1) is 17.4 Å². The van der Waals surface area contributed by atoms with E-state index in [9.17, 15) is 4.39 Å². The summed E-state index contributed by atoms with van der Waals surface area (Å²) in [5, 5.41) is 0. The molecule has 0 saturated heterocycles. The lowest BCUT2D eigenvalue weighted by Gasteiger charge is -2.08. The largest absolute Gasteiger partial charge is 0.377 e. The van der Waals surface area contributed by atoms with Gasteiger partial charge in [0.05, 0.1) is 5.69 Å². The molecule has 0 spiro atoms. The summed E-state index contributed by atoms with van der Waals surface area (Å²) in [5.74, 6) is 0.351. The number of ether oxygens (including phenoxy) is 1. The van der Waals surface area contributed by atoms with Crippen molar-refractivity contribution < 1.29 is 9.13 Å². The van der Waals surface area contributed by atoms with Crippen LogP contribution in [0.15, 0.2) is 24.3 Å². The Balaban J connectivity index is 2.56. The van der Waals surface area contributed by atoms with E-state index in [4.69, 9.17) is 17.0 Å². The first kappa shape index (κ1) is 12.9.